The molecule has 1 aromatic heterocycles. The number of phenolic OH excluding ortho intramolecular Hbond substituents is 1. The van der Waals surface area contributed by atoms with Crippen molar-refractivity contribution in [2.45, 2.75) is 19.9 Å². The third-order valence-electron chi connectivity index (χ3n) is 2.64. The first-order valence-electron chi connectivity index (χ1n) is 5.09. The number of hydrogen-bond donors (Lipinski definition) is 2. The van der Waals surface area contributed by atoms with E-state index in [4.69, 9.17) is 5.11 Å². The number of phenols is 1. The standard InChI is InChI=1S/C12H13NO3/c1-8-7-13(6-5-11(15)16)12-9(8)3-2-4-10(12)14/h2-4,7,14H,5-6H2,1H3,(H,15,16). The van der Waals surface area contributed by atoms with Crippen LogP contribution in [0.2, 0.25) is 0 Å². The van der Waals surface area contributed by atoms with Crippen LogP contribution in [0.15, 0.2) is 24.4 Å². The molecule has 84 valence electrons. The molecule has 0 aliphatic carbocycles. The van der Waals surface area contributed by atoms with Crippen molar-refractivity contribution in [2.24, 2.45) is 0 Å². The summed E-state index contributed by atoms with van der Waals surface area (Å²) in [6.45, 7) is 2.32. The molecule has 0 unspecified atom stereocenters. The molecule has 2 rings (SSSR count). The zero-order valence-corrected chi connectivity index (χ0v) is 8.97. The van der Waals surface area contributed by atoms with Gasteiger partial charge < -0.3 is 14.8 Å². The molecular weight excluding hydrogens is 206 g/mol. The average Bonchev–Trinajstić information content (AvgIpc) is 2.55. The first-order valence-corrected chi connectivity index (χ1v) is 5.09. The molecule has 0 bridgehead atoms. The number of rotatable bonds is 3. The van der Waals surface area contributed by atoms with Crippen LogP contribution in [0, 0.1) is 6.92 Å². The van der Waals surface area contributed by atoms with Gasteiger partial charge in [0.1, 0.15) is 5.75 Å². The van der Waals surface area contributed by atoms with Gasteiger partial charge in [0.05, 0.1) is 11.9 Å². The lowest BCUT2D eigenvalue weighted by molar-refractivity contribution is -0.137. The molecule has 0 radical (unpaired) electrons. The quantitative estimate of drug-likeness (QED) is 0.831. The van der Waals surface area contributed by atoms with Crippen LogP contribution in [0.25, 0.3) is 10.9 Å². The van der Waals surface area contributed by atoms with E-state index in [2.05, 4.69) is 0 Å². The summed E-state index contributed by atoms with van der Waals surface area (Å²) in [5.74, 6) is -0.647. The van der Waals surface area contributed by atoms with Crippen molar-refractivity contribution in [3.63, 3.8) is 0 Å². The minimum Gasteiger partial charge on any atom is -0.506 e. The minimum absolute atomic E-state index is 0.0531. The number of carboxylic acids is 1. The number of benzene rings is 1. The highest BCUT2D eigenvalue weighted by Gasteiger charge is 2.09. The molecule has 1 heterocycles. The molecule has 0 amide bonds. The summed E-state index contributed by atoms with van der Waals surface area (Å²) in [4.78, 5) is 10.5. The molecule has 0 saturated heterocycles. The maximum atomic E-state index is 10.5. The fraction of sp³-hybridized carbons (Fsp3) is 0.250. The largest absolute Gasteiger partial charge is 0.506 e. The second-order valence-corrected chi connectivity index (χ2v) is 3.82. The van der Waals surface area contributed by atoms with E-state index in [9.17, 15) is 9.90 Å². The predicted octanol–water partition coefficient (Wildman–Crippen LogP) is 2.13. The van der Waals surface area contributed by atoms with Crippen LogP contribution in [0.5, 0.6) is 5.75 Å². The molecule has 0 aliphatic heterocycles. The molecule has 0 atom stereocenters. The minimum atomic E-state index is -0.838. The van der Waals surface area contributed by atoms with Gasteiger partial charge in [-0.15, -0.1) is 0 Å². The Hall–Kier alpha value is -1.97. The van der Waals surface area contributed by atoms with E-state index < -0.39 is 5.97 Å². The number of carbonyl (C=O) groups is 1. The van der Waals surface area contributed by atoms with Crippen LogP contribution < -0.4 is 0 Å². The second-order valence-electron chi connectivity index (χ2n) is 3.82. The van der Waals surface area contributed by atoms with E-state index in [0.717, 1.165) is 10.9 Å². The summed E-state index contributed by atoms with van der Waals surface area (Å²) in [7, 11) is 0. The molecule has 2 aromatic rings. The summed E-state index contributed by atoms with van der Waals surface area (Å²) < 4.78 is 1.79. The number of para-hydroxylation sites is 1. The van der Waals surface area contributed by atoms with Crippen molar-refractivity contribution in [1.29, 1.82) is 0 Å². The molecular formula is C12H13NO3. The van der Waals surface area contributed by atoms with E-state index in [-0.39, 0.29) is 12.2 Å². The molecule has 0 spiro atoms. The fourth-order valence-corrected chi connectivity index (χ4v) is 1.91. The lowest BCUT2D eigenvalue weighted by Gasteiger charge is -2.04. The highest BCUT2D eigenvalue weighted by atomic mass is 16.4. The SMILES string of the molecule is Cc1cn(CCC(=O)O)c2c(O)cccc12. The summed E-state index contributed by atoms with van der Waals surface area (Å²) in [5.41, 5.74) is 1.75. The Morgan fingerprint density at radius 3 is 2.88 bits per heavy atom. The van der Waals surface area contributed by atoms with E-state index in [0.29, 0.717) is 12.1 Å². The number of nitrogens with zero attached hydrogens (tertiary/aromatic N) is 1. The smallest absolute Gasteiger partial charge is 0.305 e. The van der Waals surface area contributed by atoms with Crippen LogP contribution in [0.1, 0.15) is 12.0 Å². The van der Waals surface area contributed by atoms with Gasteiger partial charge in [-0.05, 0) is 18.6 Å². The molecule has 2 N–H and O–H groups in total. The van der Waals surface area contributed by atoms with Crippen molar-refractivity contribution < 1.29 is 15.0 Å². The van der Waals surface area contributed by atoms with Gasteiger partial charge in [-0.3, -0.25) is 4.79 Å². The number of aromatic nitrogens is 1. The number of aliphatic carboxylic acids is 1. The first kappa shape index (κ1) is 10.5. The summed E-state index contributed by atoms with van der Waals surface area (Å²) >= 11 is 0. The normalized spacial score (nSPS) is 10.8. The maximum Gasteiger partial charge on any atom is 0.305 e. The summed E-state index contributed by atoms with van der Waals surface area (Å²) in [6, 6.07) is 5.31. The molecule has 4 heteroatoms. The van der Waals surface area contributed by atoms with E-state index in [1.54, 1.807) is 16.7 Å². The zero-order chi connectivity index (χ0) is 11.7. The van der Waals surface area contributed by atoms with Gasteiger partial charge in [0.15, 0.2) is 0 Å². The number of fused-ring (bicyclic) bond motifs is 1. The van der Waals surface area contributed by atoms with Gasteiger partial charge >= 0.3 is 5.97 Å². The molecule has 16 heavy (non-hydrogen) atoms. The van der Waals surface area contributed by atoms with Crippen LogP contribution >= 0.6 is 0 Å². The Balaban J connectivity index is 2.49. The first-order chi connectivity index (χ1) is 7.59. The van der Waals surface area contributed by atoms with Crippen molar-refractivity contribution in [3.05, 3.63) is 30.0 Å². The van der Waals surface area contributed by atoms with Crippen LogP contribution in [-0.2, 0) is 11.3 Å². The zero-order valence-electron chi connectivity index (χ0n) is 8.97. The third-order valence-corrected chi connectivity index (χ3v) is 2.64. The molecule has 0 aliphatic rings. The van der Waals surface area contributed by atoms with Gasteiger partial charge in [-0.1, -0.05) is 12.1 Å². The lowest BCUT2D eigenvalue weighted by Crippen LogP contribution is -2.03. The fourth-order valence-electron chi connectivity index (χ4n) is 1.91. The average molecular weight is 219 g/mol. The topological polar surface area (TPSA) is 62.5 Å². The Bertz CT molecular complexity index is 542. The van der Waals surface area contributed by atoms with Gasteiger partial charge in [0.25, 0.3) is 0 Å². The predicted molar refractivity (Wildman–Crippen MR) is 60.6 cm³/mol. The number of aromatic hydroxyl groups is 1. The van der Waals surface area contributed by atoms with Crippen LogP contribution in [0.4, 0.5) is 0 Å². The second kappa shape index (κ2) is 3.89. The monoisotopic (exact) mass is 219 g/mol. The van der Waals surface area contributed by atoms with E-state index in [1.807, 2.05) is 19.2 Å². The van der Waals surface area contributed by atoms with Crippen molar-refractivity contribution >= 4 is 16.9 Å². The van der Waals surface area contributed by atoms with Crippen molar-refractivity contribution in [3.8, 4) is 5.75 Å². The molecule has 0 fully saturated rings. The molecule has 0 saturated carbocycles. The van der Waals surface area contributed by atoms with Gasteiger partial charge in [-0.25, -0.2) is 0 Å². The summed E-state index contributed by atoms with van der Waals surface area (Å²) in [6.07, 6.45) is 1.92. The number of aryl methyl sites for hydroxylation is 2. The van der Waals surface area contributed by atoms with Crippen LogP contribution in [0.3, 0.4) is 0 Å². The molecule has 1 aromatic carbocycles. The van der Waals surface area contributed by atoms with E-state index in [1.165, 1.54) is 0 Å². The Kier molecular flexibility index (Phi) is 2.56. The van der Waals surface area contributed by atoms with Gasteiger partial charge in [-0.2, -0.15) is 0 Å². The van der Waals surface area contributed by atoms with Crippen LogP contribution in [-0.4, -0.2) is 20.7 Å². The van der Waals surface area contributed by atoms with Gasteiger partial charge in [0, 0.05) is 18.1 Å². The van der Waals surface area contributed by atoms with E-state index >= 15 is 0 Å². The highest BCUT2D eigenvalue weighted by molar-refractivity contribution is 5.88. The van der Waals surface area contributed by atoms with Crippen molar-refractivity contribution in [1.82, 2.24) is 4.57 Å². The highest BCUT2D eigenvalue weighted by Crippen LogP contribution is 2.28. The third kappa shape index (κ3) is 1.74. The Morgan fingerprint density at radius 2 is 2.19 bits per heavy atom. The molecule has 4 nitrogen and oxygen atoms in total. The maximum absolute atomic E-state index is 10.5. The Morgan fingerprint density at radius 1 is 1.44 bits per heavy atom. The lowest BCUT2D eigenvalue weighted by atomic mass is 10.2. The summed E-state index contributed by atoms with van der Waals surface area (Å²) in [5, 5.41) is 19.4. The Labute approximate surface area is 92.7 Å². The van der Waals surface area contributed by atoms with Crippen molar-refractivity contribution in [2.75, 3.05) is 0 Å². The number of carboxylic acid groups (broad SMARTS) is 1. The number of hydrogen-bond acceptors (Lipinski definition) is 2. The van der Waals surface area contributed by atoms with Gasteiger partial charge in [0.2, 0.25) is 0 Å².